The predicted molar refractivity (Wildman–Crippen MR) is 67.7 cm³/mol. The van der Waals surface area contributed by atoms with E-state index >= 15 is 0 Å². The van der Waals surface area contributed by atoms with Crippen LogP contribution >= 0.6 is 39.1 Å². The van der Waals surface area contributed by atoms with Crippen molar-refractivity contribution in [1.29, 1.82) is 0 Å². The average molecular weight is 312 g/mol. The summed E-state index contributed by atoms with van der Waals surface area (Å²) in [7, 11) is 1.54. The molecule has 0 atom stereocenters. The molecule has 15 heavy (non-hydrogen) atoms. The first-order valence-electron chi connectivity index (χ1n) is 4.00. The molecule has 0 aliphatic carbocycles. The van der Waals surface area contributed by atoms with Crippen LogP contribution in [0.5, 0.6) is 5.75 Å². The van der Waals surface area contributed by atoms with Gasteiger partial charge in [0, 0.05) is 0 Å². The standard InChI is InChI=1S/C9H9BrCl2N2O/c1-15-9-6(10)2-5(3-7(9)12)14-8(13)4-11/h2-3H,4H2,1H3,(H2,13,14). The monoisotopic (exact) mass is 310 g/mol. The molecule has 0 aliphatic rings. The molecule has 0 saturated carbocycles. The van der Waals surface area contributed by atoms with Gasteiger partial charge in [0.2, 0.25) is 0 Å². The van der Waals surface area contributed by atoms with E-state index in [2.05, 4.69) is 20.9 Å². The van der Waals surface area contributed by atoms with Crippen LogP contribution < -0.4 is 10.5 Å². The third kappa shape index (κ3) is 3.26. The highest BCUT2D eigenvalue weighted by Gasteiger charge is 2.07. The lowest BCUT2D eigenvalue weighted by atomic mass is 10.3. The minimum atomic E-state index is 0.182. The molecule has 0 amide bonds. The van der Waals surface area contributed by atoms with Gasteiger partial charge in [-0.15, -0.1) is 11.6 Å². The zero-order valence-corrected chi connectivity index (χ0v) is 11.0. The van der Waals surface area contributed by atoms with Gasteiger partial charge >= 0.3 is 0 Å². The fraction of sp³-hybridized carbons (Fsp3) is 0.222. The van der Waals surface area contributed by atoms with E-state index in [-0.39, 0.29) is 5.88 Å². The number of alkyl halides is 1. The molecular formula is C9H9BrCl2N2O. The largest absolute Gasteiger partial charge is 0.494 e. The van der Waals surface area contributed by atoms with Gasteiger partial charge in [0.25, 0.3) is 0 Å². The molecule has 0 heterocycles. The molecule has 3 nitrogen and oxygen atoms in total. The Morgan fingerprint density at radius 2 is 2.27 bits per heavy atom. The van der Waals surface area contributed by atoms with Crippen LogP contribution in [0, 0.1) is 0 Å². The second-order valence-corrected chi connectivity index (χ2v) is 4.21. The molecule has 0 spiro atoms. The van der Waals surface area contributed by atoms with Gasteiger partial charge in [0.1, 0.15) is 5.84 Å². The fourth-order valence-electron chi connectivity index (χ4n) is 1.00. The first-order chi connectivity index (χ1) is 7.08. The third-order valence-electron chi connectivity index (χ3n) is 1.60. The van der Waals surface area contributed by atoms with E-state index in [0.29, 0.717) is 22.3 Å². The smallest absolute Gasteiger partial charge is 0.151 e. The van der Waals surface area contributed by atoms with Crippen molar-refractivity contribution in [3.05, 3.63) is 21.6 Å². The van der Waals surface area contributed by atoms with Crippen molar-refractivity contribution in [3.8, 4) is 5.75 Å². The Morgan fingerprint density at radius 3 is 2.73 bits per heavy atom. The van der Waals surface area contributed by atoms with Gasteiger partial charge in [-0.25, -0.2) is 4.99 Å². The van der Waals surface area contributed by atoms with Crippen LogP contribution in [0.1, 0.15) is 0 Å². The minimum Gasteiger partial charge on any atom is -0.494 e. The quantitative estimate of drug-likeness (QED) is 0.529. The number of methoxy groups -OCH3 is 1. The molecule has 0 bridgehead atoms. The summed E-state index contributed by atoms with van der Waals surface area (Å²) in [5, 5.41) is 0.466. The van der Waals surface area contributed by atoms with Gasteiger partial charge in [-0.3, -0.25) is 0 Å². The molecular weight excluding hydrogens is 303 g/mol. The molecule has 0 fully saturated rings. The Labute approximate surface area is 106 Å². The molecule has 1 aromatic rings. The number of ether oxygens (including phenoxy) is 1. The molecule has 1 aromatic carbocycles. The minimum absolute atomic E-state index is 0.182. The molecule has 0 aliphatic heterocycles. The highest BCUT2D eigenvalue weighted by Crippen LogP contribution is 2.36. The summed E-state index contributed by atoms with van der Waals surface area (Å²) in [4.78, 5) is 4.07. The Hall–Kier alpha value is -0.450. The van der Waals surface area contributed by atoms with E-state index in [1.807, 2.05) is 0 Å². The summed E-state index contributed by atoms with van der Waals surface area (Å²) in [6, 6.07) is 3.41. The molecule has 82 valence electrons. The van der Waals surface area contributed by atoms with Crippen LogP contribution in [0.2, 0.25) is 5.02 Å². The van der Waals surface area contributed by atoms with E-state index in [1.165, 1.54) is 0 Å². The summed E-state index contributed by atoms with van der Waals surface area (Å²) in [5.41, 5.74) is 6.13. The van der Waals surface area contributed by atoms with Crippen LogP contribution in [0.3, 0.4) is 0 Å². The maximum Gasteiger partial charge on any atom is 0.151 e. The molecule has 1 rings (SSSR count). The first kappa shape index (κ1) is 12.6. The average Bonchev–Trinajstić information content (AvgIpc) is 2.17. The van der Waals surface area contributed by atoms with Gasteiger partial charge in [0.15, 0.2) is 5.75 Å². The van der Waals surface area contributed by atoms with Gasteiger partial charge in [-0.2, -0.15) is 0 Å². The number of amidine groups is 1. The molecule has 0 aromatic heterocycles. The lowest BCUT2D eigenvalue weighted by molar-refractivity contribution is 0.412. The number of rotatable bonds is 3. The van der Waals surface area contributed by atoms with E-state index in [1.54, 1.807) is 19.2 Å². The Kier molecular flexibility index (Phi) is 4.70. The fourth-order valence-corrected chi connectivity index (χ4v) is 2.08. The van der Waals surface area contributed by atoms with Crippen molar-refractivity contribution < 1.29 is 4.74 Å². The lowest BCUT2D eigenvalue weighted by Gasteiger charge is -2.06. The summed E-state index contributed by atoms with van der Waals surface area (Å²) < 4.78 is 5.80. The lowest BCUT2D eigenvalue weighted by Crippen LogP contribution is -2.12. The summed E-state index contributed by atoms with van der Waals surface area (Å²) >= 11 is 14.8. The van der Waals surface area contributed by atoms with Crippen molar-refractivity contribution >= 4 is 50.7 Å². The second-order valence-electron chi connectivity index (χ2n) is 2.68. The van der Waals surface area contributed by atoms with Crippen LogP contribution in [0.15, 0.2) is 21.6 Å². The summed E-state index contributed by atoms with van der Waals surface area (Å²) in [6.45, 7) is 0. The maximum absolute atomic E-state index is 5.96. The van der Waals surface area contributed by atoms with Crippen LogP contribution in [0.4, 0.5) is 5.69 Å². The summed E-state index contributed by atoms with van der Waals surface area (Å²) in [6.07, 6.45) is 0. The zero-order chi connectivity index (χ0) is 11.4. The zero-order valence-electron chi connectivity index (χ0n) is 7.93. The van der Waals surface area contributed by atoms with Crippen LogP contribution in [-0.4, -0.2) is 18.8 Å². The third-order valence-corrected chi connectivity index (χ3v) is 2.74. The van der Waals surface area contributed by atoms with Crippen LogP contribution in [0.25, 0.3) is 0 Å². The highest BCUT2D eigenvalue weighted by molar-refractivity contribution is 9.10. The van der Waals surface area contributed by atoms with Crippen molar-refractivity contribution in [1.82, 2.24) is 0 Å². The van der Waals surface area contributed by atoms with Crippen molar-refractivity contribution in [2.45, 2.75) is 0 Å². The number of halogens is 3. The Morgan fingerprint density at radius 1 is 1.60 bits per heavy atom. The Bertz CT molecular complexity index is 373. The van der Waals surface area contributed by atoms with Crippen molar-refractivity contribution in [2.24, 2.45) is 10.7 Å². The molecule has 2 N–H and O–H groups in total. The highest BCUT2D eigenvalue weighted by atomic mass is 79.9. The molecule has 0 saturated heterocycles. The van der Waals surface area contributed by atoms with Crippen molar-refractivity contribution in [2.75, 3.05) is 13.0 Å². The number of hydrogen-bond acceptors (Lipinski definition) is 2. The molecule has 0 radical (unpaired) electrons. The molecule has 0 unspecified atom stereocenters. The number of nitrogens with zero attached hydrogens (tertiary/aromatic N) is 1. The van der Waals surface area contributed by atoms with Crippen molar-refractivity contribution in [3.63, 3.8) is 0 Å². The maximum atomic E-state index is 5.96. The van der Waals surface area contributed by atoms with Gasteiger partial charge in [-0.1, -0.05) is 11.6 Å². The van der Waals surface area contributed by atoms with Gasteiger partial charge in [0.05, 0.1) is 28.2 Å². The van der Waals surface area contributed by atoms with E-state index < -0.39 is 0 Å². The number of benzene rings is 1. The number of nitrogens with two attached hydrogens (primary N) is 1. The Balaban J connectivity index is 3.14. The van der Waals surface area contributed by atoms with E-state index in [9.17, 15) is 0 Å². The van der Waals surface area contributed by atoms with E-state index in [4.69, 9.17) is 33.7 Å². The second kappa shape index (κ2) is 5.58. The molecule has 6 heteroatoms. The first-order valence-corrected chi connectivity index (χ1v) is 5.71. The number of aliphatic imine (C=N–C) groups is 1. The van der Waals surface area contributed by atoms with Gasteiger partial charge in [-0.05, 0) is 28.1 Å². The SMILES string of the molecule is COc1c(Cl)cc(N=C(N)CCl)cc1Br. The normalized spacial score (nSPS) is 11.6. The topological polar surface area (TPSA) is 47.6 Å². The van der Waals surface area contributed by atoms with E-state index in [0.717, 1.165) is 4.47 Å². The number of hydrogen-bond donors (Lipinski definition) is 1. The summed E-state index contributed by atoms with van der Waals surface area (Å²) in [5.74, 6) is 1.09. The predicted octanol–water partition coefficient (Wildman–Crippen LogP) is 3.34. The van der Waals surface area contributed by atoms with Crippen LogP contribution in [-0.2, 0) is 0 Å². The van der Waals surface area contributed by atoms with Gasteiger partial charge < -0.3 is 10.5 Å².